The number of aromatic carboxylic acids is 1. The van der Waals surface area contributed by atoms with Crippen LogP contribution in [0, 0.1) is 5.41 Å². The second-order valence-corrected chi connectivity index (χ2v) is 8.98. The second kappa shape index (κ2) is 9.14. The molecule has 1 aliphatic heterocycles. The Bertz CT molecular complexity index is 921. The van der Waals surface area contributed by atoms with Gasteiger partial charge in [-0.15, -0.1) is 0 Å². The van der Waals surface area contributed by atoms with Gasteiger partial charge in [-0.1, -0.05) is 37.1 Å². The molecule has 1 aliphatic carbocycles. The van der Waals surface area contributed by atoms with Gasteiger partial charge in [-0.3, -0.25) is 4.90 Å². The van der Waals surface area contributed by atoms with Gasteiger partial charge < -0.3 is 9.84 Å². The van der Waals surface area contributed by atoms with E-state index in [1.165, 1.54) is 0 Å². The Hall–Kier alpha value is -2.54. The molecule has 172 valence electrons. The van der Waals surface area contributed by atoms with Crippen LogP contribution in [-0.2, 0) is 0 Å². The number of ether oxygens (including phenoxy) is 1. The number of benzene rings is 2. The SMILES string of the molecule is O=C(O)c1ccc(-c2ccc(OCN3CCCCC3CC3(C(F)(F)F)CCC3)cc2)cc1. The molecule has 32 heavy (non-hydrogen) atoms. The average molecular weight is 447 g/mol. The third-order valence-electron chi connectivity index (χ3n) is 7.00. The minimum atomic E-state index is -4.13. The van der Waals surface area contributed by atoms with E-state index in [0.29, 0.717) is 12.2 Å². The second-order valence-electron chi connectivity index (χ2n) is 8.98. The summed E-state index contributed by atoms with van der Waals surface area (Å²) in [4.78, 5) is 13.1. The number of carbonyl (C=O) groups is 1. The molecule has 1 heterocycles. The van der Waals surface area contributed by atoms with Gasteiger partial charge in [0.05, 0.1) is 11.0 Å². The predicted octanol–water partition coefficient (Wildman–Crippen LogP) is 6.37. The van der Waals surface area contributed by atoms with Crippen LogP contribution in [0.1, 0.15) is 55.3 Å². The molecular weight excluding hydrogens is 419 g/mol. The fourth-order valence-corrected chi connectivity index (χ4v) is 4.83. The van der Waals surface area contributed by atoms with Crippen LogP contribution in [0.5, 0.6) is 5.75 Å². The number of likely N-dealkylation sites (tertiary alicyclic amines) is 1. The first-order valence-corrected chi connectivity index (χ1v) is 11.1. The summed E-state index contributed by atoms with van der Waals surface area (Å²) in [5.74, 6) is -0.302. The Morgan fingerprint density at radius 1 is 1.00 bits per heavy atom. The van der Waals surface area contributed by atoms with Gasteiger partial charge >= 0.3 is 12.1 Å². The molecule has 1 N–H and O–H groups in total. The topological polar surface area (TPSA) is 49.8 Å². The molecule has 0 radical (unpaired) electrons. The molecule has 2 fully saturated rings. The van der Waals surface area contributed by atoms with E-state index >= 15 is 0 Å². The maximum Gasteiger partial charge on any atom is 0.394 e. The summed E-state index contributed by atoms with van der Waals surface area (Å²) in [6, 6.07) is 14.0. The molecule has 4 rings (SSSR count). The monoisotopic (exact) mass is 447 g/mol. The number of piperidine rings is 1. The molecular formula is C25H28F3NO3. The standard InChI is InChI=1S/C25H28F3NO3/c26-25(27,28)24(13-3-14-24)16-21-4-1-2-15-29(21)17-32-22-11-9-19(10-12-22)18-5-7-20(8-6-18)23(30)31/h5-12,21H,1-4,13-17H2,(H,30,31). The minimum absolute atomic E-state index is 0.0994. The quantitative estimate of drug-likeness (QED) is 0.536. The molecule has 0 amide bonds. The van der Waals surface area contributed by atoms with Crippen LogP contribution in [0.15, 0.2) is 48.5 Å². The highest BCUT2D eigenvalue weighted by Crippen LogP contribution is 2.56. The number of hydrogen-bond donors (Lipinski definition) is 1. The van der Waals surface area contributed by atoms with Crippen molar-refractivity contribution in [3.63, 3.8) is 0 Å². The van der Waals surface area contributed by atoms with Gasteiger partial charge in [0.1, 0.15) is 12.5 Å². The van der Waals surface area contributed by atoms with Crippen LogP contribution in [-0.4, -0.2) is 41.5 Å². The van der Waals surface area contributed by atoms with E-state index in [-0.39, 0.29) is 37.6 Å². The van der Waals surface area contributed by atoms with Crippen molar-refractivity contribution in [3.8, 4) is 16.9 Å². The van der Waals surface area contributed by atoms with Crippen molar-refractivity contribution in [1.29, 1.82) is 0 Å². The third-order valence-corrected chi connectivity index (χ3v) is 7.00. The zero-order valence-electron chi connectivity index (χ0n) is 17.9. The van der Waals surface area contributed by atoms with Crippen LogP contribution in [0.4, 0.5) is 13.2 Å². The summed E-state index contributed by atoms with van der Waals surface area (Å²) < 4.78 is 46.9. The summed E-state index contributed by atoms with van der Waals surface area (Å²) in [6.07, 6.45) is -0.0821. The number of nitrogens with zero attached hydrogens (tertiary/aromatic N) is 1. The lowest BCUT2D eigenvalue weighted by Crippen LogP contribution is -2.51. The van der Waals surface area contributed by atoms with Crippen molar-refractivity contribution in [2.45, 2.75) is 57.2 Å². The van der Waals surface area contributed by atoms with E-state index in [1.54, 1.807) is 24.3 Å². The fraction of sp³-hybridized carbons (Fsp3) is 0.480. The molecule has 0 spiro atoms. The number of alkyl halides is 3. The molecule has 0 bridgehead atoms. The van der Waals surface area contributed by atoms with E-state index in [2.05, 4.69) is 4.90 Å². The minimum Gasteiger partial charge on any atom is -0.478 e. The Balaban J connectivity index is 1.37. The predicted molar refractivity (Wildman–Crippen MR) is 116 cm³/mol. The molecule has 1 saturated carbocycles. The van der Waals surface area contributed by atoms with Crippen molar-refractivity contribution in [2.24, 2.45) is 5.41 Å². The average Bonchev–Trinajstić information content (AvgIpc) is 2.75. The van der Waals surface area contributed by atoms with Crippen LogP contribution in [0.2, 0.25) is 0 Å². The van der Waals surface area contributed by atoms with Crippen LogP contribution >= 0.6 is 0 Å². The van der Waals surface area contributed by atoms with Gasteiger partial charge in [-0.25, -0.2) is 4.79 Å². The molecule has 2 aliphatic rings. The van der Waals surface area contributed by atoms with Gasteiger partial charge in [0, 0.05) is 12.6 Å². The molecule has 2 aromatic carbocycles. The maximum absolute atomic E-state index is 13.6. The highest BCUT2D eigenvalue weighted by Gasteiger charge is 2.58. The van der Waals surface area contributed by atoms with E-state index in [9.17, 15) is 18.0 Å². The van der Waals surface area contributed by atoms with E-state index in [4.69, 9.17) is 9.84 Å². The lowest BCUT2D eigenvalue weighted by molar-refractivity contribution is -0.258. The number of carboxylic acid groups (broad SMARTS) is 1. The van der Waals surface area contributed by atoms with Gasteiger partial charge in [0.2, 0.25) is 0 Å². The first-order chi connectivity index (χ1) is 15.3. The van der Waals surface area contributed by atoms with E-state index in [0.717, 1.165) is 36.9 Å². The van der Waals surface area contributed by atoms with E-state index < -0.39 is 17.6 Å². The van der Waals surface area contributed by atoms with Crippen LogP contribution in [0.3, 0.4) is 0 Å². The molecule has 0 aromatic heterocycles. The van der Waals surface area contributed by atoms with Crippen LogP contribution < -0.4 is 4.74 Å². The normalized spacial score (nSPS) is 21.0. The smallest absolute Gasteiger partial charge is 0.394 e. The van der Waals surface area contributed by atoms with Crippen molar-refractivity contribution in [3.05, 3.63) is 54.1 Å². The van der Waals surface area contributed by atoms with Gasteiger partial charge in [-0.2, -0.15) is 13.2 Å². The Morgan fingerprint density at radius 2 is 1.62 bits per heavy atom. The Labute approximate surface area is 186 Å². The van der Waals surface area contributed by atoms with E-state index in [1.807, 2.05) is 24.3 Å². The summed E-state index contributed by atoms with van der Waals surface area (Å²) >= 11 is 0. The number of rotatable bonds is 7. The molecule has 1 saturated heterocycles. The molecule has 1 unspecified atom stereocenters. The number of carboxylic acids is 1. The Morgan fingerprint density at radius 3 is 2.16 bits per heavy atom. The zero-order chi connectivity index (χ0) is 22.8. The summed E-state index contributed by atoms with van der Waals surface area (Å²) in [5, 5.41) is 9.01. The molecule has 4 nitrogen and oxygen atoms in total. The molecule has 7 heteroatoms. The first kappa shape index (κ1) is 22.6. The first-order valence-electron chi connectivity index (χ1n) is 11.1. The van der Waals surface area contributed by atoms with Gasteiger partial charge in [-0.05, 0) is 67.5 Å². The summed E-state index contributed by atoms with van der Waals surface area (Å²) in [5.41, 5.74) is 0.558. The highest BCUT2D eigenvalue weighted by atomic mass is 19.4. The lowest BCUT2D eigenvalue weighted by Gasteiger charge is -2.48. The van der Waals surface area contributed by atoms with Crippen molar-refractivity contribution >= 4 is 5.97 Å². The van der Waals surface area contributed by atoms with Crippen molar-refractivity contribution < 1.29 is 27.8 Å². The fourth-order valence-electron chi connectivity index (χ4n) is 4.83. The van der Waals surface area contributed by atoms with Gasteiger partial charge in [0.25, 0.3) is 0 Å². The van der Waals surface area contributed by atoms with Gasteiger partial charge in [0.15, 0.2) is 0 Å². The third kappa shape index (κ3) is 4.77. The molecule has 2 aromatic rings. The molecule has 1 atom stereocenters. The van der Waals surface area contributed by atoms with Crippen molar-refractivity contribution in [1.82, 2.24) is 4.90 Å². The zero-order valence-corrected chi connectivity index (χ0v) is 17.9. The maximum atomic E-state index is 13.6. The highest BCUT2D eigenvalue weighted by molar-refractivity contribution is 5.88. The number of hydrogen-bond acceptors (Lipinski definition) is 3. The largest absolute Gasteiger partial charge is 0.478 e. The lowest BCUT2D eigenvalue weighted by atomic mass is 9.64. The summed E-state index contributed by atoms with van der Waals surface area (Å²) in [6.45, 7) is 1.04. The number of halogens is 3. The van der Waals surface area contributed by atoms with Crippen LogP contribution in [0.25, 0.3) is 11.1 Å². The summed E-state index contributed by atoms with van der Waals surface area (Å²) in [7, 11) is 0. The Kier molecular flexibility index (Phi) is 6.47. The van der Waals surface area contributed by atoms with Crippen molar-refractivity contribution in [2.75, 3.05) is 13.3 Å².